The van der Waals surface area contributed by atoms with Crippen LogP contribution in [0.2, 0.25) is 5.15 Å². The molecule has 1 amide bonds. The Balaban J connectivity index is 2.17. The van der Waals surface area contributed by atoms with E-state index in [0.717, 1.165) is 0 Å². The average molecular weight is 314 g/mol. The Morgan fingerprint density at radius 1 is 1.29 bits per heavy atom. The predicted molar refractivity (Wildman–Crippen MR) is 66.9 cm³/mol. The second-order valence-corrected chi connectivity index (χ2v) is 4.29. The van der Waals surface area contributed by atoms with Crippen molar-refractivity contribution in [1.29, 1.82) is 0 Å². The molecule has 0 unspecified atom stereocenters. The van der Waals surface area contributed by atoms with Crippen molar-refractivity contribution in [2.75, 3.05) is 5.32 Å². The summed E-state index contributed by atoms with van der Waals surface area (Å²) in [7, 11) is 0. The van der Waals surface area contributed by atoms with Gasteiger partial charge in [-0.1, -0.05) is 11.6 Å². The fourth-order valence-corrected chi connectivity index (χ4v) is 1.55. The van der Waals surface area contributed by atoms with Crippen LogP contribution in [-0.2, 0) is 0 Å². The molecule has 0 aliphatic carbocycles. The Kier molecular flexibility index (Phi) is 3.65. The van der Waals surface area contributed by atoms with E-state index in [1.165, 1.54) is 12.1 Å². The third-order valence-electron chi connectivity index (χ3n) is 1.89. The van der Waals surface area contributed by atoms with Crippen molar-refractivity contribution in [3.05, 3.63) is 45.9 Å². The first-order chi connectivity index (χ1) is 8.16. The molecular formula is C10H6BrClN4O. The molecule has 1 N–H and O–H groups in total. The summed E-state index contributed by atoms with van der Waals surface area (Å²) in [6.07, 6.45) is 3.16. The Bertz CT molecular complexity index is 546. The zero-order chi connectivity index (χ0) is 12.3. The molecule has 2 aromatic rings. The number of nitrogens with one attached hydrogen (secondary N) is 1. The normalized spacial score (nSPS) is 10.0. The van der Waals surface area contributed by atoms with E-state index in [1.807, 2.05) is 0 Å². The van der Waals surface area contributed by atoms with Gasteiger partial charge in [-0.3, -0.25) is 9.78 Å². The molecule has 17 heavy (non-hydrogen) atoms. The SMILES string of the molecule is O=C(Nc1ccncc1Br)c1ccc(Cl)nn1. The van der Waals surface area contributed by atoms with Crippen molar-refractivity contribution in [1.82, 2.24) is 15.2 Å². The highest BCUT2D eigenvalue weighted by atomic mass is 79.9. The van der Waals surface area contributed by atoms with Gasteiger partial charge in [0.1, 0.15) is 0 Å². The van der Waals surface area contributed by atoms with Gasteiger partial charge in [0, 0.05) is 12.4 Å². The summed E-state index contributed by atoms with van der Waals surface area (Å²) >= 11 is 8.86. The van der Waals surface area contributed by atoms with Gasteiger partial charge in [-0.2, -0.15) is 0 Å². The molecule has 5 nitrogen and oxygen atoms in total. The lowest BCUT2D eigenvalue weighted by Gasteiger charge is -2.05. The molecule has 2 rings (SSSR count). The molecule has 0 aromatic carbocycles. The third-order valence-corrected chi connectivity index (χ3v) is 2.72. The largest absolute Gasteiger partial charge is 0.319 e. The number of aromatic nitrogens is 3. The lowest BCUT2D eigenvalue weighted by molar-refractivity contribution is 0.102. The van der Waals surface area contributed by atoms with Crippen LogP contribution < -0.4 is 5.32 Å². The number of carbonyl (C=O) groups is 1. The molecule has 0 atom stereocenters. The summed E-state index contributed by atoms with van der Waals surface area (Å²) in [5.74, 6) is -0.360. The van der Waals surface area contributed by atoms with Crippen LogP contribution in [0.4, 0.5) is 5.69 Å². The van der Waals surface area contributed by atoms with E-state index < -0.39 is 0 Å². The van der Waals surface area contributed by atoms with Gasteiger partial charge < -0.3 is 5.32 Å². The number of carbonyl (C=O) groups excluding carboxylic acids is 1. The summed E-state index contributed by atoms with van der Waals surface area (Å²) in [6.45, 7) is 0. The zero-order valence-corrected chi connectivity index (χ0v) is 10.7. The standard InChI is InChI=1S/C10H6BrClN4O/c11-6-5-13-4-3-7(6)14-10(17)8-1-2-9(12)16-15-8/h1-5H,(H,13,14,17). The maximum Gasteiger partial charge on any atom is 0.276 e. The number of pyridine rings is 1. The van der Waals surface area contributed by atoms with Gasteiger partial charge in [-0.15, -0.1) is 10.2 Å². The summed E-state index contributed by atoms with van der Waals surface area (Å²) in [5, 5.41) is 10.2. The van der Waals surface area contributed by atoms with E-state index in [2.05, 4.69) is 36.4 Å². The quantitative estimate of drug-likeness (QED) is 0.925. The van der Waals surface area contributed by atoms with Crippen LogP contribution in [0.3, 0.4) is 0 Å². The zero-order valence-electron chi connectivity index (χ0n) is 8.39. The molecule has 0 aliphatic heterocycles. The fourth-order valence-electron chi connectivity index (χ4n) is 1.10. The number of rotatable bonds is 2. The number of amides is 1. The van der Waals surface area contributed by atoms with Crippen LogP contribution >= 0.6 is 27.5 Å². The van der Waals surface area contributed by atoms with Crippen molar-refractivity contribution >= 4 is 39.1 Å². The Morgan fingerprint density at radius 3 is 2.76 bits per heavy atom. The second kappa shape index (κ2) is 5.20. The van der Waals surface area contributed by atoms with Gasteiger partial charge >= 0.3 is 0 Å². The summed E-state index contributed by atoms with van der Waals surface area (Å²) in [5.41, 5.74) is 0.805. The van der Waals surface area contributed by atoms with Crippen LogP contribution in [0.15, 0.2) is 35.1 Å². The van der Waals surface area contributed by atoms with Gasteiger partial charge in [0.25, 0.3) is 5.91 Å². The van der Waals surface area contributed by atoms with E-state index in [0.29, 0.717) is 10.2 Å². The number of anilines is 1. The summed E-state index contributed by atoms with van der Waals surface area (Å²) < 4.78 is 0.690. The monoisotopic (exact) mass is 312 g/mol. The molecule has 0 fully saturated rings. The first-order valence-corrected chi connectivity index (χ1v) is 5.74. The maximum atomic E-state index is 11.8. The van der Waals surface area contributed by atoms with Gasteiger partial charge in [0.05, 0.1) is 10.2 Å². The van der Waals surface area contributed by atoms with Crippen LogP contribution in [0.25, 0.3) is 0 Å². The fraction of sp³-hybridized carbons (Fsp3) is 0. The van der Waals surface area contributed by atoms with Crippen molar-refractivity contribution in [2.24, 2.45) is 0 Å². The molecular weight excluding hydrogens is 307 g/mol. The first-order valence-electron chi connectivity index (χ1n) is 4.57. The van der Waals surface area contributed by atoms with E-state index in [4.69, 9.17) is 11.6 Å². The minimum absolute atomic E-state index is 0.193. The Morgan fingerprint density at radius 2 is 2.12 bits per heavy atom. The van der Waals surface area contributed by atoms with Gasteiger partial charge in [-0.05, 0) is 34.1 Å². The molecule has 0 bridgehead atoms. The summed E-state index contributed by atoms with van der Waals surface area (Å²) in [4.78, 5) is 15.7. The van der Waals surface area contributed by atoms with E-state index >= 15 is 0 Å². The van der Waals surface area contributed by atoms with Crippen molar-refractivity contribution in [3.8, 4) is 0 Å². The summed E-state index contributed by atoms with van der Waals surface area (Å²) in [6, 6.07) is 4.68. The molecule has 0 radical (unpaired) electrons. The average Bonchev–Trinajstić information content (AvgIpc) is 2.33. The Hall–Kier alpha value is -1.53. The number of halogens is 2. The lowest BCUT2D eigenvalue weighted by atomic mass is 10.3. The van der Waals surface area contributed by atoms with Crippen LogP contribution in [0, 0.1) is 0 Å². The van der Waals surface area contributed by atoms with E-state index in [9.17, 15) is 4.79 Å². The molecule has 0 spiro atoms. The molecule has 0 aliphatic rings. The van der Waals surface area contributed by atoms with Gasteiger partial charge in [-0.25, -0.2) is 0 Å². The molecule has 0 saturated heterocycles. The topological polar surface area (TPSA) is 67.8 Å². The smallest absolute Gasteiger partial charge is 0.276 e. The second-order valence-electron chi connectivity index (χ2n) is 3.05. The Labute approximate surface area is 110 Å². The van der Waals surface area contributed by atoms with Crippen LogP contribution in [0.1, 0.15) is 10.5 Å². The molecule has 2 aromatic heterocycles. The number of hydrogen-bond donors (Lipinski definition) is 1. The first kappa shape index (κ1) is 11.9. The number of hydrogen-bond acceptors (Lipinski definition) is 4. The highest BCUT2D eigenvalue weighted by molar-refractivity contribution is 9.10. The highest BCUT2D eigenvalue weighted by Crippen LogP contribution is 2.20. The van der Waals surface area contributed by atoms with Gasteiger partial charge in [0.15, 0.2) is 10.8 Å². The minimum atomic E-state index is -0.360. The van der Waals surface area contributed by atoms with Gasteiger partial charge in [0.2, 0.25) is 0 Å². The molecule has 0 saturated carbocycles. The van der Waals surface area contributed by atoms with Crippen molar-refractivity contribution < 1.29 is 4.79 Å². The van der Waals surface area contributed by atoms with E-state index in [1.54, 1.807) is 18.5 Å². The molecule has 7 heteroatoms. The van der Waals surface area contributed by atoms with Crippen LogP contribution in [0.5, 0.6) is 0 Å². The maximum absolute atomic E-state index is 11.8. The molecule has 86 valence electrons. The van der Waals surface area contributed by atoms with Crippen LogP contribution in [-0.4, -0.2) is 21.1 Å². The molecule has 2 heterocycles. The highest BCUT2D eigenvalue weighted by Gasteiger charge is 2.09. The van der Waals surface area contributed by atoms with Crippen molar-refractivity contribution in [2.45, 2.75) is 0 Å². The van der Waals surface area contributed by atoms with E-state index in [-0.39, 0.29) is 16.8 Å². The third kappa shape index (κ3) is 2.98. The minimum Gasteiger partial charge on any atom is -0.319 e. The lowest BCUT2D eigenvalue weighted by Crippen LogP contribution is -2.14. The number of nitrogens with zero attached hydrogens (tertiary/aromatic N) is 3. The van der Waals surface area contributed by atoms with Crippen molar-refractivity contribution in [3.63, 3.8) is 0 Å². The predicted octanol–water partition coefficient (Wildman–Crippen LogP) is 2.54.